The predicted molar refractivity (Wildman–Crippen MR) is 83.7 cm³/mol. The molecule has 0 spiro atoms. The van der Waals surface area contributed by atoms with Crippen LogP contribution in [0.3, 0.4) is 0 Å². The van der Waals surface area contributed by atoms with Crippen LogP contribution in [0.25, 0.3) is 10.2 Å². The summed E-state index contributed by atoms with van der Waals surface area (Å²) in [4.78, 5) is 16.2. The van der Waals surface area contributed by atoms with Crippen molar-refractivity contribution in [2.24, 2.45) is 0 Å². The molecule has 2 rings (SSSR count). The molecule has 1 N–H and O–H groups in total. The first-order valence-electron chi connectivity index (χ1n) is 6.40. The molecule has 1 amide bonds. The number of amides is 1. The summed E-state index contributed by atoms with van der Waals surface area (Å²) in [5, 5.41) is 4.05. The van der Waals surface area contributed by atoms with E-state index in [1.165, 1.54) is 4.70 Å². The monoisotopic (exact) mass is 294 g/mol. The molecular formula is C14H18N2OS2. The van der Waals surface area contributed by atoms with Crippen LogP contribution in [0.2, 0.25) is 0 Å². The van der Waals surface area contributed by atoms with Crippen molar-refractivity contribution < 1.29 is 4.79 Å². The molecule has 0 aliphatic rings. The van der Waals surface area contributed by atoms with Crippen molar-refractivity contribution in [3.63, 3.8) is 0 Å². The highest BCUT2D eigenvalue weighted by atomic mass is 32.2. The maximum absolute atomic E-state index is 11.6. The van der Waals surface area contributed by atoms with Gasteiger partial charge in [0.05, 0.1) is 16.0 Å². The van der Waals surface area contributed by atoms with Gasteiger partial charge in [-0.25, -0.2) is 4.98 Å². The average Bonchev–Trinajstić information content (AvgIpc) is 2.81. The minimum Gasteiger partial charge on any atom is -0.353 e. The quantitative estimate of drug-likeness (QED) is 0.887. The van der Waals surface area contributed by atoms with Gasteiger partial charge in [-0.15, -0.1) is 23.1 Å². The molecule has 0 bridgehead atoms. The number of thioether (sulfide) groups is 1. The molecule has 1 aromatic heterocycles. The van der Waals surface area contributed by atoms with Gasteiger partial charge in [-0.2, -0.15) is 0 Å². The third-order valence-electron chi connectivity index (χ3n) is 2.82. The van der Waals surface area contributed by atoms with Crippen molar-refractivity contribution in [2.75, 3.05) is 5.75 Å². The molecule has 1 unspecified atom stereocenters. The number of hydrogen-bond acceptors (Lipinski definition) is 4. The second kappa shape index (κ2) is 6.91. The molecule has 0 aliphatic heterocycles. The Bertz CT molecular complexity index is 520. The molecule has 0 fully saturated rings. The number of fused-ring (bicyclic) bond motifs is 1. The van der Waals surface area contributed by atoms with Crippen LogP contribution in [-0.4, -0.2) is 22.7 Å². The van der Waals surface area contributed by atoms with E-state index in [0.29, 0.717) is 5.75 Å². The average molecular weight is 294 g/mol. The van der Waals surface area contributed by atoms with E-state index in [4.69, 9.17) is 0 Å². The van der Waals surface area contributed by atoms with Gasteiger partial charge in [0.15, 0.2) is 0 Å². The lowest BCUT2D eigenvalue weighted by molar-refractivity contribution is -0.119. The third-order valence-corrected chi connectivity index (χ3v) is 4.98. The van der Waals surface area contributed by atoms with E-state index in [1.807, 2.05) is 25.1 Å². The Kier molecular flexibility index (Phi) is 5.22. The number of rotatable bonds is 6. The topological polar surface area (TPSA) is 42.0 Å². The second-order valence-electron chi connectivity index (χ2n) is 4.44. The summed E-state index contributed by atoms with van der Waals surface area (Å²) in [5.74, 6) is 1.41. The summed E-state index contributed by atoms with van der Waals surface area (Å²) < 4.78 is 1.21. The number of nitrogens with zero attached hydrogens (tertiary/aromatic N) is 1. The summed E-state index contributed by atoms with van der Waals surface area (Å²) in [6.07, 6.45) is 0.967. The zero-order valence-corrected chi connectivity index (χ0v) is 12.8. The Balaban J connectivity index is 1.81. The van der Waals surface area contributed by atoms with Crippen molar-refractivity contribution >= 4 is 39.2 Å². The molecule has 3 nitrogen and oxygen atoms in total. The summed E-state index contributed by atoms with van der Waals surface area (Å²) in [6, 6.07) is 8.39. The van der Waals surface area contributed by atoms with E-state index in [0.717, 1.165) is 22.7 Å². The van der Waals surface area contributed by atoms with Gasteiger partial charge in [0, 0.05) is 11.8 Å². The Morgan fingerprint density at radius 2 is 2.26 bits per heavy atom. The standard InChI is InChI=1S/C14H18N2OS2/c1-3-10(2)15-13(17)8-18-9-14-16-11-6-4-5-7-12(11)19-14/h4-7,10H,3,8-9H2,1-2H3,(H,15,17). The summed E-state index contributed by atoms with van der Waals surface area (Å²) in [5.41, 5.74) is 1.05. The van der Waals surface area contributed by atoms with Crippen molar-refractivity contribution in [1.82, 2.24) is 10.3 Å². The molecule has 19 heavy (non-hydrogen) atoms. The Morgan fingerprint density at radius 3 is 3.00 bits per heavy atom. The minimum absolute atomic E-state index is 0.112. The molecule has 1 atom stereocenters. The zero-order chi connectivity index (χ0) is 13.7. The molecule has 5 heteroatoms. The van der Waals surface area contributed by atoms with Gasteiger partial charge in [-0.05, 0) is 25.5 Å². The Hall–Kier alpha value is -1.07. The highest BCUT2D eigenvalue weighted by Crippen LogP contribution is 2.24. The molecular weight excluding hydrogens is 276 g/mol. The number of para-hydroxylation sites is 1. The lowest BCUT2D eigenvalue weighted by atomic mass is 10.3. The Labute approximate surface area is 121 Å². The number of carbonyl (C=O) groups excluding carboxylic acids is 1. The van der Waals surface area contributed by atoms with E-state index < -0.39 is 0 Å². The smallest absolute Gasteiger partial charge is 0.230 e. The molecule has 0 saturated carbocycles. The van der Waals surface area contributed by atoms with Crippen molar-refractivity contribution in [3.8, 4) is 0 Å². The van der Waals surface area contributed by atoms with Crippen molar-refractivity contribution in [1.29, 1.82) is 0 Å². The van der Waals surface area contributed by atoms with Crippen LogP contribution >= 0.6 is 23.1 Å². The fourth-order valence-corrected chi connectivity index (χ4v) is 3.49. The molecule has 1 heterocycles. The fraction of sp³-hybridized carbons (Fsp3) is 0.429. The molecule has 0 radical (unpaired) electrons. The molecule has 2 aromatic rings. The van der Waals surface area contributed by atoms with Crippen LogP contribution in [0.15, 0.2) is 24.3 Å². The number of nitrogens with one attached hydrogen (secondary N) is 1. The summed E-state index contributed by atoms with van der Waals surface area (Å²) >= 11 is 3.32. The van der Waals surface area contributed by atoms with Crippen LogP contribution in [0, 0.1) is 0 Å². The number of carbonyl (C=O) groups is 1. The first-order valence-corrected chi connectivity index (χ1v) is 8.37. The lowest BCUT2D eigenvalue weighted by Crippen LogP contribution is -2.33. The van der Waals surface area contributed by atoms with Crippen LogP contribution in [0.4, 0.5) is 0 Å². The van der Waals surface area contributed by atoms with E-state index >= 15 is 0 Å². The van der Waals surface area contributed by atoms with Gasteiger partial charge < -0.3 is 5.32 Å². The van der Waals surface area contributed by atoms with E-state index in [-0.39, 0.29) is 11.9 Å². The zero-order valence-electron chi connectivity index (χ0n) is 11.2. The van der Waals surface area contributed by atoms with Gasteiger partial charge in [0.25, 0.3) is 0 Å². The Morgan fingerprint density at radius 1 is 1.47 bits per heavy atom. The number of thiazole rings is 1. The molecule has 102 valence electrons. The van der Waals surface area contributed by atoms with Gasteiger partial charge in [0.2, 0.25) is 5.91 Å². The predicted octanol–water partition coefficient (Wildman–Crippen LogP) is 3.44. The number of benzene rings is 1. The van der Waals surface area contributed by atoms with Gasteiger partial charge in [-0.3, -0.25) is 4.79 Å². The summed E-state index contributed by atoms with van der Waals surface area (Å²) in [7, 11) is 0. The highest BCUT2D eigenvalue weighted by Gasteiger charge is 2.07. The largest absolute Gasteiger partial charge is 0.353 e. The minimum atomic E-state index is 0.112. The molecule has 0 saturated heterocycles. The van der Waals surface area contributed by atoms with Crippen LogP contribution in [-0.2, 0) is 10.5 Å². The first kappa shape index (κ1) is 14.3. The fourth-order valence-electron chi connectivity index (χ4n) is 1.63. The van der Waals surface area contributed by atoms with Gasteiger partial charge >= 0.3 is 0 Å². The van der Waals surface area contributed by atoms with Gasteiger partial charge in [-0.1, -0.05) is 19.1 Å². The van der Waals surface area contributed by atoms with E-state index in [9.17, 15) is 4.79 Å². The maximum Gasteiger partial charge on any atom is 0.230 e. The maximum atomic E-state index is 11.6. The second-order valence-corrected chi connectivity index (χ2v) is 6.55. The molecule has 1 aromatic carbocycles. The SMILES string of the molecule is CCC(C)NC(=O)CSCc1nc2ccccc2s1. The third kappa shape index (κ3) is 4.21. The highest BCUT2D eigenvalue weighted by molar-refractivity contribution is 7.99. The van der Waals surface area contributed by atoms with E-state index in [1.54, 1.807) is 23.1 Å². The molecule has 0 aliphatic carbocycles. The lowest BCUT2D eigenvalue weighted by Gasteiger charge is -2.10. The van der Waals surface area contributed by atoms with Crippen molar-refractivity contribution in [3.05, 3.63) is 29.3 Å². The summed E-state index contributed by atoms with van der Waals surface area (Å²) in [6.45, 7) is 4.09. The van der Waals surface area contributed by atoms with Gasteiger partial charge in [0.1, 0.15) is 5.01 Å². The number of aromatic nitrogens is 1. The van der Waals surface area contributed by atoms with Crippen LogP contribution in [0.5, 0.6) is 0 Å². The normalized spacial score (nSPS) is 12.5. The number of hydrogen-bond donors (Lipinski definition) is 1. The first-order chi connectivity index (χ1) is 9.19. The van der Waals surface area contributed by atoms with E-state index in [2.05, 4.69) is 23.3 Å². The van der Waals surface area contributed by atoms with Crippen molar-refractivity contribution in [2.45, 2.75) is 32.1 Å². The van der Waals surface area contributed by atoms with Crippen LogP contribution < -0.4 is 5.32 Å². The van der Waals surface area contributed by atoms with Crippen LogP contribution in [0.1, 0.15) is 25.3 Å².